The van der Waals surface area contributed by atoms with Gasteiger partial charge in [-0.2, -0.15) is 0 Å². The van der Waals surface area contributed by atoms with Gasteiger partial charge < -0.3 is 0 Å². The molecule has 0 saturated carbocycles. The van der Waals surface area contributed by atoms with Gasteiger partial charge in [0.25, 0.3) is 0 Å². The summed E-state index contributed by atoms with van der Waals surface area (Å²) in [6.07, 6.45) is 16.4. The Morgan fingerprint density at radius 2 is 1.25 bits per heavy atom. The Labute approximate surface area is 103 Å². The van der Waals surface area contributed by atoms with Crippen LogP contribution in [0, 0.1) is 0 Å². The van der Waals surface area contributed by atoms with Crippen molar-refractivity contribution in [2.24, 2.45) is 0 Å². The number of hydrogen-bond donors (Lipinski definition) is 1. The molecule has 0 bridgehead atoms. The minimum Gasteiger partial charge on any atom is -0.227 e. The van der Waals surface area contributed by atoms with Crippen LogP contribution in [0.15, 0.2) is 0 Å². The van der Waals surface area contributed by atoms with Crippen LogP contribution in [-0.4, -0.2) is 12.0 Å². The van der Waals surface area contributed by atoms with E-state index in [0.717, 1.165) is 0 Å². The van der Waals surface area contributed by atoms with Gasteiger partial charge in [0.2, 0.25) is 0 Å². The monoisotopic (exact) mass is 247 g/mol. The van der Waals surface area contributed by atoms with Gasteiger partial charge in [-0.15, -0.1) is 4.89 Å². The van der Waals surface area contributed by atoms with E-state index in [-0.39, 0.29) is 0 Å². The van der Waals surface area contributed by atoms with E-state index in [2.05, 4.69) is 18.1 Å². The molecule has 0 aliphatic carbocycles. The average molecular weight is 247 g/mol. The zero-order chi connectivity index (χ0) is 11.7. The molecule has 0 amide bonds. The van der Waals surface area contributed by atoms with Gasteiger partial charge in [-0.05, 0) is 16.9 Å². The van der Waals surface area contributed by atoms with E-state index in [4.69, 9.17) is 4.28 Å². The summed E-state index contributed by atoms with van der Waals surface area (Å²) in [6, 6.07) is 0. The molecule has 16 heavy (non-hydrogen) atoms. The third kappa shape index (κ3) is 7.53. The first-order valence-electron chi connectivity index (χ1n) is 6.98. The van der Waals surface area contributed by atoms with E-state index in [1.54, 1.807) is 0 Å². The molecule has 1 rings (SSSR count). The number of unbranched alkanes of at least 4 members (excludes halogenated alkanes) is 9. The summed E-state index contributed by atoms with van der Waals surface area (Å²) in [7, 11) is -0.732. The minimum atomic E-state index is -0.732. The van der Waals surface area contributed by atoms with Crippen LogP contribution >= 0.6 is 10.5 Å². The van der Waals surface area contributed by atoms with Crippen LogP contribution in [0.1, 0.15) is 71.1 Å². The highest BCUT2D eigenvalue weighted by Gasteiger charge is 2.32. The molecule has 1 N–H and O–H groups in total. The van der Waals surface area contributed by atoms with Gasteiger partial charge in [-0.1, -0.05) is 64.7 Å². The second-order valence-corrected chi connectivity index (χ2v) is 7.81. The third-order valence-corrected chi connectivity index (χ3v) is 5.06. The maximum absolute atomic E-state index is 5.21. The Balaban J connectivity index is 1.68. The zero-order valence-electron chi connectivity index (χ0n) is 11.1. The molecular formula is C13H29NOS. The fraction of sp³-hybridized carbons (Fsp3) is 1.00. The van der Waals surface area contributed by atoms with Crippen LogP contribution in [0.5, 0.6) is 0 Å². The van der Waals surface area contributed by atoms with Gasteiger partial charge in [0.05, 0.1) is 0 Å². The van der Waals surface area contributed by atoms with Gasteiger partial charge in [0, 0.05) is 12.0 Å². The largest absolute Gasteiger partial charge is 0.227 e. The van der Waals surface area contributed by atoms with Crippen molar-refractivity contribution in [3.05, 3.63) is 0 Å². The van der Waals surface area contributed by atoms with Crippen LogP contribution in [0.25, 0.3) is 0 Å². The molecular weight excluding hydrogens is 218 g/mol. The van der Waals surface area contributed by atoms with Crippen molar-refractivity contribution in [2.75, 3.05) is 12.0 Å². The SMILES string of the molecule is CCCCCCCCCCCCS1(C)NO1. The van der Waals surface area contributed by atoms with Crippen molar-refractivity contribution in [1.29, 1.82) is 0 Å². The number of rotatable bonds is 11. The molecule has 2 nitrogen and oxygen atoms in total. The molecule has 1 saturated heterocycles. The highest BCUT2D eigenvalue weighted by Crippen LogP contribution is 2.53. The van der Waals surface area contributed by atoms with Crippen molar-refractivity contribution in [3.63, 3.8) is 0 Å². The maximum atomic E-state index is 5.21. The summed E-state index contributed by atoms with van der Waals surface area (Å²) >= 11 is 0. The molecule has 1 heterocycles. The van der Waals surface area contributed by atoms with E-state index in [1.165, 1.54) is 70.0 Å². The summed E-state index contributed by atoms with van der Waals surface area (Å²) in [5.41, 5.74) is 0. The zero-order valence-corrected chi connectivity index (χ0v) is 11.9. The lowest BCUT2D eigenvalue weighted by molar-refractivity contribution is 0.467. The molecule has 1 unspecified atom stereocenters. The highest BCUT2D eigenvalue weighted by atomic mass is 32.3. The van der Waals surface area contributed by atoms with Crippen molar-refractivity contribution in [3.8, 4) is 0 Å². The lowest BCUT2D eigenvalue weighted by Crippen LogP contribution is -1.91. The van der Waals surface area contributed by atoms with Crippen LogP contribution < -0.4 is 4.89 Å². The Hall–Kier alpha value is 0.270. The lowest BCUT2D eigenvalue weighted by atomic mass is 10.1. The first-order valence-corrected chi connectivity index (χ1v) is 9.11. The highest BCUT2D eigenvalue weighted by molar-refractivity contribution is 8.31. The summed E-state index contributed by atoms with van der Waals surface area (Å²) in [5.74, 6) is 1.25. The molecule has 3 heteroatoms. The predicted molar refractivity (Wildman–Crippen MR) is 74.4 cm³/mol. The van der Waals surface area contributed by atoms with E-state index in [1.807, 2.05) is 0 Å². The van der Waals surface area contributed by atoms with E-state index < -0.39 is 10.5 Å². The fourth-order valence-corrected chi connectivity index (χ4v) is 3.39. The Morgan fingerprint density at radius 3 is 1.69 bits per heavy atom. The van der Waals surface area contributed by atoms with Gasteiger partial charge in [0.15, 0.2) is 0 Å². The summed E-state index contributed by atoms with van der Waals surface area (Å²) in [5, 5.41) is 0. The lowest BCUT2D eigenvalue weighted by Gasteiger charge is -2.06. The Morgan fingerprint density at radius 1 is 0.812 bits per heavy atom. The molecule has 1 fully saturated rings. The topological polar surface area (TPSA) is 34.5 Å². The van der Waals surface area contributed by atoms with Gasteiger partial charge in [-0.25, -0.2) is 4.28 Å². The quantitative estimate of drug-likeness (QED) is 0.424. The molecule has 0 radical (unpaired) electrons. The van der Waals surface area contributed by atoms with E-state index >= 15 is 0 Å². The minimum absolute atomic E-state index is 0.732. The third-order valence-electron chi connectivity index (χ3n) is 3.26. The summed E-state index contributed by atoms with van der Waals surface area (Å²) < 4.78 is 5.21. The Kier molecular flexibility index (Phi) is 7.50. The molecule has 1 aliphatic heterocycles. The van der Waals surface area contributed by atoms with Gasteiger partial charge in [0.1, 0.15) is 0 Å². The number of hydrogen-bond acceptors (Lipinski definition) is 2. The maximum Gasteiger partial charge on any atom is 0.0151 e. The average Bonchev–Trinajstić information content (AvgIpc) is 3.00. The van der Waals surface area contributed by atoms with Crippen molar-refractivity contribution in [1.82, 2.24) is 4.89 Å². The molecule has 0 aromatic carbocycles. The van der Waals surface area contributed by atoms with Gasteiger partial charge >= 0.3 is 0 Å². The first-order chi connectivity index (χ1) is 7.77. The fourth-order valence-electron chi connectivity index (χ4n) is 2.01. The molecule has 0 aromatic rings. The predicted octanol–water partition coefficient (Wildman–Crippen LogP) is 4.71. The molecule has 0 aromatic heterocycles. The van der Waals surface area contributed by atoms with E-state index in [0.29, 0.717) is 0 Å². The van der Waals surface area contributed by atoms with Crippen LogP contribution in [-0.2, 0) is 4.28 Å². The first kappa shape index (κ1) is 14.3. The summed E-state index contributed by atoms with van der Waals surface area (Å²) in [4.78, 5) is 3.02. The second-order valence-electron chi connectivity index (χ2n) is 5.06. The second kappa shape index (κ2) is 8.37. The van der Waals surface area contributed by atoms with Crippen LogP contribution in [0.4, 0.5) is 0 Å². The van der Waals surface area contributed by atoms with Crippen molar-refractivity contribution >= 4 is 10.5 Å². The van der Waals surface area contributed by atoms with Crippen molar-refractivity contribution < 1.29 is 4.28 Å². The molecule has 0 spiro atoms. The van der Waals surface area contributed by atoms with Crippen LogP contribution in [0.3, 0.4) is 0 Å². The smallest absolute Gasteiger partial charge is 0.0151 e. The van der Waals surface area contributed by atoms with Crippen LogP contribution in [0.2, 0.25) is 0 Å². The normalized spacial score (nSPS) is 27.6. The van der Waals surface area contributed by atoms with E-state index in [9.17, 15) is 0 Å². The summed E-state index contributed by atoms with van der Waals surface area (Å²) in [6.45, 7) is 2.28. The van der Waals surface area contributed by atoms with Crippen molar-refractivity contribution in [2.45, 2.75) is 71.1 Å². The molecule has 98 valence electrons. The van der Waals surface area contributed by atoms with Gasteiger partial charge in [-0.3, -0.25) is 0 Å². The number of nitrogens with one attached hydrogen (secondary N) is 1. The Bertz CT molecular complexity index is 171. The standard InChI is InChI=1S/C13H29NOS/c1-3-4-5-6-7-8-9-10-11-12-13-16(2)14-15-16/h14H,3-13H2,1-2H3. The molecule has 1 atom stereocenters. The molecule has 1 aliphatic rings.